The molecule has 0 heterocycles. The van der Waals surface area contributed by atoms with Crippen molar-refractivity contribution >= 4 is 11.7 Å². The number of carboxylic acid groups (broad SMARTS) is 1. The first-order valence-corrected chi connectivity index (χ1v) is 4.25. The van der Waals surface area contributed by atoms with Gasteiger partial charge in [-0.1, -0.05) is 12.1 Å². The van der Waals surface area contributed by atoms with Gasteiger partial charge in [0.25, 0.3) is 0 Å². The molecule has 0 saturated carbocycles. The quantitative estimate of drug-likeness (QED) is 0.605. The van der Waals surface area contributed by atoms with Gasteiger partial charge in [0.15, 0.2) is 0 Å². The third-order valence-corrected chi connectivity index (χ3v) is 1.81. The van der Waals surface area contributed by atoms with Gasteiger partial charge in [-0.05, 0) is 24.1 Å². The van der Waals surface area contributed by atoms with Gasteiger partial charge in [-0.15, -0.1) is 0 Å². The van der Waals surface area contributed by atoms with E-state index >= 15 is 0 Å². The molecule has 1 radical (unpaired) electrons. The maximum Gasteiger partial charge on any atom is 0.309 e. The SMILES string of the molecule is Nc1ccc(CC(N)[CH]C(=O)O)cc1. The number of carbonyl (C=O) groups is 1. The van der Waals surface area contributed by atoms with Gasteiger partial charge in [0, 0.05) is 11.7 Å². The fourth-order valence-electron chi connectivity index (χ4n) is 1.17. The molecule has 1 rings (SSSR count). The van der Waals surface area contributed by atoms with Crippen molar-refractivity contribution in [3.05, 3.63) is 36.2 Å². The van der Waals surface area contributed by atoms with Crippen LogP contribution in [0.4, 0.5) is 5.69 Å². The number of rotatable bonds is 4. The minimum absolute atomic E-state index is 0.462. The molecule has 0 spiro atoms. The molecule has 5 N–H and O–H groups in total. The topological polar surface area (TPSA) is 89.3 Å². The molecular formula is C10H13N2O2. The Bertz CT molecular complexity index is 308. The Kier molecular flexibility index (Phi) is 3.48. The Balaban J connectivity index is 2.51. The molecule has 0 aliphatic carbocycles. The maximum atomic E-state index is 10.3. The number of nitrogens with two attached hydrogens (primary N) is 2. The molecule has 4 heteroatoms. The average Bonchev–Trinajstić information content (AvgIpc) is 2.07. The highest BCUT2D eigenvalue weighted by molar-refractivity contribution is 5.77. The van der Waals surface area contributed by atoms with E-state index in [-0.39, 0.29) is 0 Å². The molecule has 14 heavy (non-hydrogen) atoms. The van der Waals surface area contributed by atoms with E-state index in [9.17, 15) is 4.79 Å². The minimum atomic E-state index is -0.993. The van der Waals surface area contributed by atoms with Gasteiger partial charge in [0.1, 0.15) is 0 Å². The standard InChI is InChI=1S/C10H13N2O2/c11-8-3-1-7(2-4-8)5-9(12)6-10(13)14/h1-4,6,9H,5,11-12H2,(H,13,14). The highest BCUT2D eigenvalue weighted by Crippen LogP contribution is 2.08. The van der Waals surface area contributed by atoms with Crippen molar-refractivity contribution in [1.29, 1.82) is 0 Å². The highest BCUT2D eigenvalue weighted by Gasteiger charge is 2.08. The average molecular weight is 193 g/mol. The molecular weight excluding hydrogens is 180 g/mol. The van der Waals surface area contributed by atoms with Crippen LogP contribution in [0.3, 0.4) is 0 Å². The van der Waals surface area contributed by atoms with Crippen LogP contribution in [0.15, 0.2) is 24.3 Å². The minimum Gasteiger partial charge on any atom is -0.481 e. The summed E-state index contributed by atoms with van der Waals surface area (Å²) in [6.45, 7) is 0. The highest BCUT2D eigenvalue weighted by atomic mass is 16.4. The lowest BCUT2D eigenvalue weighted by Gasteiger charge is -2.08. The molecule has 1 unspecified atom stereocenters. The van der Waals surface area contributed by atoms with E-state index in [1.165, 1.54) is 0 Å². The first-order chi connectivity index (χ1) is 6.58. The molecule has 0 aliphatic heterocycles. The Labute approximate surface area is 82.5 Å². The van der Waals surface area contributed by atoms with Crippen LogP contribution in [0.25, 0.3) is 0 Å². The molecule has 0 saturated heterocycles. The van der Waals surface area contributed by atoms with Crippen LogP contribution in [0.5, 0.6) is 0 Å². The number of aliphatic carboxylic acids is 1. The summed E-state index contributed by atoms with van der Waals surface area (Å²) in [5.74, 6) is -0.993. The normalized spacial score (nSPS) is 12.4. The summed E-state index contributed by atoms with van der Waals surface area (Å²) in [5, 5.41) is 8.45. The first kappa shape index (κ1) is 10.5. The monoisotopic (exact) mass is 193 g/mol. The van der Waals surface area contributed by atoms with Crippen molar-refractivity contribution in [2.75, 3.05) is 5.73 Å². The van der Waals surface area contributed by atoms with Crippen molar-refractivity contribution in [3.63, 3.8) is 0 Å². The van der Waals surface area contributed by atoms with E-state index in [1.54, 1.807) is 12.1 Å². The van der Waals surface area contributed by atoms with Crippen molar-refractivity contribution < 1.29 is 9.90 Å². The number of carboxylic acids is 1. The van der Waals surface area contributed by atoms with E-state index in [1.807, 2.05) is 12.1 Å². The zero-order valence-electron chi connectivity index (χ0n) is 7.68. The van der Waals surface area contributed by atoms with Crippen LogP contribution < -0.4 is 11.5 Å². The first-order valence-electron chi connectivity index (χ1n) is 4.25. The van der Waals surface area contributed by atoms with Gasteiger partial charge < -0.3 is 16.6 Å². The van der Waals surface area contributed by atoms with E-state index in [4.69, 9.17) is 16.6 Å². The van der Waals surface area contributed by atoms with Gasteiger partial charge in [-0.2, -0.15) is 0 Å². The summed E-state index contributed by atoms with van der Waals surface area (Å²) >= 11 is 0. The zero-order chi connectivity index (χ0) is 10.6. The van der Waals surface area contributed by atoms with Crippen LogP contribution in [0, 0.1) is 6.42 Å². The predicted octanol–water partition coefficient (Wildman–Crippen LogP) is 0.427. The second-order valence-electron chi connectivity index (χ2n) is 3.11. The molecule has 1 aromatic carbocycles. The lowest BCUT2D eigenvalue weighted by atomic mass is 10.0. The summed E-state index contributed by atoms with van der Waals surface area (Å²) in [6, 6.07) is 6.75. The van der Waals surface area contributed by atoms with Crippen molar-refractivity contribution in [1.82, 2.24) is 0 Å². The molecule has 0 fully saturated rings. The largest absolute Gasteiger partial charge is 0.481 e. The van der Waals surface area contributed by atoms with Crippen molar-refractivity contribution in [2.24, 2.45) is 5.73 Å². The van der Waals surface area contributed by atoms with Crippen LogP contribution in [0.2, 0.25) is 0 Å². The van der Waals surface area contributed by atoms with Crippen molar-refractivity contribution in [3.8, 4) is 0 Å². The third-order valence-electron chi connectivity index (χ3n) is 1.81. The summed E-state index contributed by atoms with van der Waals surface area (Å²) in [6.07, 6.45) is 1.59. The van der Waals surface area contributed by atoms with Gasteiger partial charge in [-0.3, -0.25) is 4.79 Å². The number of benzene rings is 1. The molecule has 75 valence electrons. The van der Waals surface area contributed by atoms with Crippen LogP contribution >= 0.6 is 0 Å². The predicted molar refractivity (Wildman–Crippen MR) is 54.5 cm³/mol. The lowest BCUT2D eigenvalue weighted by Crippen LogP contribution is -2.26. The second-order valence-corrected chi connectivity index (χ2v) is 3.11. The molecule has 4 nitrogen and oxygen atoms in total. The molecule has 0 aromatic heterocycles. The smallest absolute Gasteiger partial charge is 0.309 e. The summed E-state index contributed by atoms with van der Waals surface area (Å²) in [7, 11) is 0. The van der Waals surface area contributed by atoms with E-state index in [0.717, 1.165) is 12.0 Å². The Morgan fingerprint density at radius 3 is 2.50 bits per heavy atom. The van der Waals surface area contributed by atoms with E-state index in [0.29, 0.717) is 12.1 Å². The second kappa shape index (κ2) is 4.62. The van der Waals surface area contributed by atoms with Crippen LogP contribution in [-0.4, -0.2) is 17.1 Å². The van der Waals surface area contributed by atoms with E-state index in [2.05, 4.69) is 0 Å². The Morgan fingerprint density at radius 2 is 2.00 bits per heavy atom. The maximum absolute atomic E-state index is 10.3. The summed E-state index contributed by atoms with van der Waals surface area (Å²) < 4.78 is 0. The van der Waals surface area contributed by atoms with Crippen LogP contribution in [-0.2, 0) is 11.2 Å². The van der Waals surface area contributed by atoms with Gasteiger partial charge in [-0.25, -0.2) is 0 Å². The lowest BCUT2D eigenvalue weighted by molar-refractivity contribution is -0.133. The zero-order valence-corrected chi connectivity index (χ0v) is 7.68. The number of nitrogen functional groups attached to an aromatic ring is 1. The van der Waals surface area contributed by atoms with Gasteiger partial charge in [0.2, 0.25) is 0 Å². The number of hydrogen-bond donors (Lipinski definition) is 3. The van der Waals surface area contributed by atoms with Crippen LogP contribution in [0.1, 0.15) is 5.56 Å². The van der Waals surface area contributed by atoms with Gasteiger partial charge in [0.05, 0.1) is 6.42 Å². The van der Waals surface area contributed by atoms with E-state index < -0.39 is 12.0 Å². The number of anilines is 1. The Hall–Kier alpha value is -1.55. The fraction of sp³-hybridized carbons (Fsp3) is 0.200. The number of hydrogen-bond acceptors (Lipinski definition) is 3. The molecule has 0 bridgehead atoms. The molecule has 1 atom stereocenters. The molecule has 0 amide bonds. The summed E-state index contributed by atoms with van der Waals surface area (Å²) in [4.78, 5) is 10.3. The molecule has 0 aliphatic rings. The van der Waals surface area contributed by atoms with Crippen molar-refractivity contribution in [2.45, 2.75) is 12.5 Å². The van der Waals surface area contributed by atoms with Gasteiger partial charge >= 0.3 is 5.97 Å². The molecule has 1 aromatic rings. The Morgan fingerprint density at radius 1 is 1.43 bits per heavy atom. The summed E-state index contributed by atoms with van der Waals surface area (Å²) in [5.41, 5.74) is 12.7. The third kappa shape index (κ3) is 3.45. The fourth-order valence-corrected chi connectivity index (χ4v) is 1.17.